The van der Waals surface area contributed by atoms with Crippen LogP contribution in [-0.2, 0) is 6.18 Å². The number of carbonyl (C=O) groups is 1. The Labute approximate surface area is 154 Å². The largest absolute Gasteiger partial charge is 0.416 e. The van der Waals surface area contributed by atoms with Gasteiger partial charge in [0.1, 0.15) is 0 Å². The maximum absolute atomic E-state index is 13.0. The van der Waals surface area contributed by atoms with Gasteiger partial charge in [-0.05, 0) is 34.9 Å². The van der Waals surface area contributed by atoms with Gasteiger partial charge in [-0.15, -0.1) is 0 Å². The van der Waals surface area contributed by atoms with Crippen molar-refractivity contribution in [3.05, 3.63) is 112 Å². The van der Waals surface area contributed by atoms with Crippen molar-refractivity contribution in [2.45, 2.75) is 12.1 Å². The fourth-order valence-electron chi connectivity index (χ4n) is 3.51. The summed E-state index contributed by atoms with van der Waals surface area (Å²) in [4.78, 5) is 13.0. The van der Waals surface area contributed by atoms with Crippen LogP contribution in [0.2, 0.25) is 0 Å². The number of ketones is 1. The highest BCUT2D eigenvalue weighted by Gasteiger charge is 2.35. The van der Waals surface area contributed by atoms with E-state index in [1.165, 1.54) is 12.1 Å². The summed E-state index contributed by atoms with van der Waals surface area (Å²) < 4.78 is 38.3. The minimum Gasteiger partial charge on any atom is -0.289 e. The van der Waals surface area contributed by atoms with Crippen LogP contribution in [0.5, 0.6) is 0 Å². The summed E-state index contributed by atoms with van der Waals surface area (Å²) in [5, 5.41) is 0. The smallest absolute Gasteiger partial charge is 0.289 e. The monoisotopic (exact) mass is 364 g/mol. The highest BCUT2D eigenvalue weighted by atomic mass is 19.4. The first-order chi connectivity index (χ1) is 12.9. The van der Waals surface area contributed by atoms with E-state index in [1.54, 1.807) is 12.1 Å². The first-order valence-corrected chi connectivity index (χ1v) is 8.52. The van der Waals surface area contributed by atoms with Crippen LogP contribution in [-0.4, -0.2) is 5.78 Å². The molecule has 0 spiro atoms. The van der Waals surface area contributed by atoms with Gasteiger partial charge in [0.05, 0.1) is 5.56 Å². The average Bonchev–Trinajstić information content (AvgIpc) is 2.94. The number of allylic oxidation sites excluding steroid dienone is 1. The number of benzene rings is 3. The van der Waals surface area contributed by atoms with Crippen molar-refractivity contribution in [1.82, 2.24) is 0 Å². The van der Waals surface area contributed by atoms with Gasteiger partial charge in [0, 0.05) is 17.1 Å². The maximum atomic E-state index is 13.0. The van der Waals surface area contributed by atoms with Crippen LogP contribution in [0, 0.1) is 0 Å². The van der Waals surface area contributed by atoms with Crippen LogP contribution in [0.1, 0.15) is 38.5 Å². The van der Waals surface area contributed by atoms with Crippen molar-refractivity contribution >= 4 is 11.9 Å². The molecule has 0 aromatic heterocycles. The van der Waals surface area contributed by atoms with Gasteiger partial charge in [-0.25, -0.2) is 0 Å². The zero-order valence-electron chi connectivity index (χ0n) is 14.2. The third-order valence-corrected chi connectivity index (χ3v) is 4.78. The van der Waals surface area contributed by atoms with Crippen molar-refractivity contribution in [1.29, 1.82) is 0 Å². The Kier molecular flexibility index (Phi) is 4.19. The summed E-state index contributed by atoms with van der Waals surface area (Å²) in [5.74, 6) is -0.309. The predicted molar refractivity (Wildman–Crippen MR) is 98.5 cm³/mol. The number of carbonyl (C=O) groups excluding carboxylic acids is 1. The molecule has 0 N–H and O–H groups in total. The lowest BCUT2D eigenvalue weighted by molar-refractivity contribution is -0.137. The zero-order valence-corrected chi connectivity index (χ0v) is 14.2. The quantitative estimate of drug-likeness (QED) is 0.501. The predicted octanol–water partition coefficient (Wildman–Crippen LogP) is 6.12. The van der Waals surface area contributed by atoms with Crippen LogP contribution in [0.25, 0.3) is 6.08 Å². The molecule has 0 bridgehead atoms. The zero-order chi connectivity index (χ0) is 19.0. The van der Waals surface area contributed by atoms with Gasteiger partial charge in [-0.1, -0.05) is 66.7 Å². The Morgan fingerprint density at radius 3 is 2.07 bits per heavy atom. The first kappa shape index (κ1) is 17.3. The van der Waals surface area contributed by atoms with Gasteiger partial charge < -0.3 is 0 Å². The molecular formula is C23H15F3O. The molecule has 1 aliphatic rings. The fraction of sp³-hybridized carbons (Fsp3) is 0.0870. The molecular weight excluding hydrogens is 349 g/mol. The van der Waals surface area contributed by atoms with Gasteiger partial charge in [-0.2, -0.15) is 13.2 Å². The number of halogens is 3. The van der Waals surface area contributed by atoms with Crippen molar-refractivity contribution in [3.63, 3.8) is 0 Å². The molecule has 0 aliphatic heterocycles. The first-order valence-electron chi connectivity index (χ1n) is 8.52. The fourth-order valence-corrected chi connectivity index (χ4v) is 3.51. The molecule has 27 heavy (non-hydrogen) atoms. The lowest BCUT2D eigenvalue weighted by Crippen LogP contribution is -2.04. The van der Waals surface area contributed by atoms with Crippen LogP contribution >= 0.6 is 0 Å². The SMILES string of the molecule is O=C1/C(=C\c2ccc(C(F)(F)F)cc2)[C@H](c2ccccc2)c2ccccc21. The second-order valence-electron chi connectivity index (χ2n) is 6.48. The number of rotatable bonds is 2. The van der Waals surface area contributed by atoms with E-state index in [0.717, 1.165) is 23.3 Å². The number of alkyl halides is 3. The standard InChI is InChI=1S/C23H15F3O/c24-23(25,26)17-12-10-15(11-13-17)14-20-21(16-6-2-1-3-7-16)18-8-4-5-9-19(18)22(20)27/h1-14,21H/b20-14-/t21-/m1/s1. The summed E-state index contributed by atoms with van der Waals surface area (Å²) in [7, 11) is 0. The van der Waals surface area contributed by atoms with E-state index in [9.17, 15) is 18.0 Å². The molecule has 1 aliphatic carbocycles. The summed E-state index contributed by atoms with van der Waals surface area (Å²) in [6.45, 7) is 0. The molecule has 134 valence electrons. The molecule has 0 saturated carbocycles. The highest BCUT2D eigenvalue weighted by molar-refractivity contribution is 6.17. The van der Waals surface area contributed by atoms with Gasteiger partial charge in [0.2, 0.25) is 0 Å². The number of hydrogen-bond donors (Lipinski definition) is 0. The van der Waals surface area contributed by atoms with Crippen molar-refractivity contribution < 1.29 is 18.0 Å². The highest BCUT2D eigenvalue weighted by Crippen LogP contribution is 2.42. The molecule has 1 atom stereocenters. The Morgan fingerprint density at radius 1 is 0.778 bits per heavy atom. The van der Waals surface area contributed by atoms with Crippen molar-refractivity contribution in [3.8, 4) is 0 Å². The minimum atomic E-state index is -4.38. The van der Waals surface area contributed by atoms with Gasteiger partial charge in [0.25, 0.3) is 0 Å². The minimum absolute atomic E-state index is 0.0839. The van der Waals surface area contributed by atoms with Crippen molar-refractivity contribution in [2.75, 3.05) is 0 Å². The van der Waals surface area contributed by atoms with E-state index in [0.29, 0.717) is 16.7 Å². The number of Topliss-reactive ketones (excluding diaryl/α,β-unsaturated/α-hetero) is 1. The van der Waals surface area contributed by atoms with E-state index in [-0.39, 0.29) is 11.7 Å². The Bertz CT molecular complexity index is 1020. The third-order valence-electron chi connectivity index (χ3n) is 4.78. The summed E-state index contributed by atoms with van der Waals surface area (Å²) in [5.41, 5.74) is 2.98. The molecule has 4 heteroatoms. The molecule has 0 heterocycles. The molecule has 0 amide bonds. The van der Waals surface area contributed by atoms with E-state index < -0.39 is 11.7 Å². The molecule has 3 aromatic rings. The van der Waals surface area contributed by atoms with E-state index in [4.69, 9.17) is 0 Å². The topological polar surface area (TPSA) is 17.1 Å². The van der Waals surface area contributed by atoms with E-state index in [2.05, 4.69) is 0 Å². The maximum Gasteiger partial charge on any atom is 0.416 e. The molecule has 0 saturated heterocycles. The van der Waals surface area contributed by atoms with Crippen LogP contribution in [0.4, 0.5) is 13.2 Å². The molecule has 0 unspecified atom stereocenters. The van der Waals surface area contributed by atoms with Crippen LogP contribution < -0.4 is 0 Å². The number of hydrogen-bond acceptors (Lipinski definition) is 1. The van der Waals surface area contributed by atoms with Crippen LogP contribution in [0.15, 0.2) is 84.4 Å². The van der Waals surface area contributed by atoms with Crippen LogP contribution in [0.3, 0.4) is 0 Å². The average molecular weight is 364 g/mol. The number of fused-ring (bicyclic) bond motifs is 1. The second kappa shape index (κ2) is 6.54. The van der Waals surface area contributed by atoms with Gasteiger partial charge in [-0.3, -0.25) is 4.79 Å². The third kappa shape index (κ3) is 3.19. The molecule has 3 aromatic carbocycles. The lowest BCUT2D eigenvalue weighted by Gasteiger charge is -2.14. The molecule has 1 nitrogen and oxygen atoms in total. The van der Waals surface area contributed by atoms with E-state index >= 15 is 0 Å². The Morgan fingerprint density at radius 2 is 1.41 bits per heavy atom. The van der Waals surface area contributed by atoms with E-state index in [1.807, 2.05) is 48.5 Å². The van der Waals surface area contributed by atoms with Gasteiger partial charge in [0.15, 0.2) is 5.78 Å². The summed E-state index contributed by atoms with van der Waals surface area (Å²) in [6.07, 6.45) is -2.68. The summed E-state index contributed by atoms with van der Waals surface area (Å²) in [6, 6.07) is 22.0. The normalized spacial score (nSPS) is 18.0. The Balaban J connectivity index is 1.81. The molecule has 4 rings (SSSR count). The van der Waals surface area contributed by atoms with Gasteiger partial charge >= 0.3 is 6.18 Å². The molecule has 0 fully saturated rings. The second-order valence-corrected chi connectivity index (χ2v) is 6.48. The Hall–Kier alpha value is -3.14. The molecule has 0 radical (unpaired) electrons. The summed E-state index contributed by atoms with van der Waals surface area (Å²) >= 11 is 0. The van der Waals surface area contributed by atoms with Crippen molar-refractivity contribution in [2.24, 2.45) is 0 Å². The lowest BCUT2D eigenvalue weighted by atomic mass is 9.89.